The number of hydrogen-bond acceptors (Lipinski definition) is 6. The van der Waals surface area contributed by atoms with Gasteiger partial charge in [0, 0.05) is 6.20 Å². The predicted octanol–water partition coefficient (Wildman–Crippen LogP) is 4.33. The van der Waals surface area contributed by atoms with E-state index in [1.807, 2.05) is 30.3 Å². The Morgan fingerprint density at radius 3 is 2.27 bits per heavy atom. The molecular weight excluding hydrogens is 445 g/mol. The molecule has 0 aliphatic rings. The van der Waals surface area contributed by atoms with Crippen molar-refractivity contribution in [1.82, 2.24) is 19.9 Å². The molecule has 2 aromatic carbocycles. The lowest BCUT2D eigenvalue weighted by Gasteiger charge is -2.01. The Hall–Kier alpha value is -4.48. The summed E-state index contributed by atoms with van der Waals surface area (Å²) in [7, 11) is 0. The highest BCUT2D eigenvalue weighted by Gasteiger charge is 2.37. The van der Waals surface area contributed by atoms with Crippen molar-refractivity contribution in [3.63, 3.8) is 0 Å². The summed E-state index contributed by atoms with van der Waals surface area (Å²) in [6.45, 7) is 1.62. The summed E-state index contributed by atoms with van der Waals surface area (Å²) < 4.78 is 43.2. The predicted molar refractivity (Wildman–Crippen MR) is 107 cm³/mol. The molecule has 33 heavy (non-hydrogen) atoms. The number of benzene rings is 2. The number of carbonyl (C=O) groups is 2. The summed E-state index contributed by atoms with van der Waals surface area (Å²) in [5.41, 5.74) is 1.52. The molecule has 0 bridgehead atoms. The Balaban J connectivity index is 0.000000205. The molecular formula is C21H15F3N4O5. The van der Waals surface area contributed by atoms with Crippen molar-refractivity contribution in [1.29, 1.82) is 0 Å². The highest BCUT2D eigenvalue weighted by Crippen LogP contribution is 2.28. The lowest BCUT2D eigenvalue weighted by atomic mass is 10.1. The van der Waals surface area contributed by atoms with Crippen LogP contribution in [0, 0.1) is 6.92 Å². The van der Waals surface area contributed by atoms with Crippen LogP contribution < -0.4 is 0 Å². The lowest BCUT2D eigenvalue weighted by molar-refractivity contribution is -0.146. The highest BCUT2D eigenvalue weighted by atomic mass is 19.4. The van der Waals surface area contributed by atoms with E-state index in [0.717, 1.165) is 11.8 Å². The van der Waals surface area contributed by atoms with Gasteiger partial charge in [-0.25, -0.2) is 14.3 Å². The highest BCUT2D eigenvalue weighted by molar-refractivity contribution is 5.94. The maximum absolute atomic E-state index is 12.4. The van der Waals surface area contributed by atoms with E-state index < -0.39 is 23.9 Å². The van der Waals surface area contributed by atoms with Crippen LogP contribution in [0.25, 0.3) is 17.3 Å². The molecule has 0 saturated heterocycles. The number of aryl methyl sites for hydroxylation is 1. The Labute approximate surface area is 183 Å². The van der Waals surface area contributed by atoms with E-state index in [1.54, 1.807) is 13.1 Å². The van der Waals surface area contributed by atoms with Gasteiger partial charge in [-0.05, 0) is 42.8 Å². The van der Waals surface area contributed by atoms with Gasteiger partial charge in [0.05, 0.1) is 16.8 Å². The van der Waals surface area contributed by atoms with Gasteiger partial charge in [0.1, 0.15) is 0 Å². The summed E-state index contributed by atoms with van der Waals surface area (Å²) in [4.78, 5) is 24.4. The molecule has 0 aliphatic carbocycles. The average molecular weight is 460 g/mol. The third-order valence-electron chi connectivity index (χ3n) is 4.22. The van der Waals surface area contributed by atoms with E-state index in [9.17, 15) is 22.8 Å². The summed E-state index contributed by atoms with van der Waals surface area (Å²) in [5.74, 6) is -3.82. The fraction of sp³-hybridized carbons (Fsp3) is 0.0952. The van der Waals surface area contributed by atoms with Crippen molar-refractivity contribution in [2.45, 2.75) is 13.1 Å². The molecule has 12 heteroatoms. The number of para-hydroxylation sites is 1. The first-order valence-electron chi connectivity index (χ1n) is 9.16. The van der Waals surface area contributed by atoms with Crippen LogP contribution in [0.15, 0.2) is 65.3 Å². The van der Waals surface area contributed by atoms with Crippen LogP contribution in [0.5, 0.6) is 0 Å². The van der Waals surface area contributed by atoms with Gasteiger partial charge in [-0.1, -0.05) is 29.4 Å². The topological polar surface area (TPSA) is 131 Å². The van der Waals surface area contributed by atoms with Crippen molar-refractivity contribution >= 4 is 11.9 Å². The first kappa shape index (κ1) is 23.2. The van der Waals surface area contributed by atoms with Gasteiger partial charge >= 0.3 is 18.1 Å². The molecule has 2 N–H and O–H groups in total. The van der Waals surface area contributed by atoms with Crippen LogP contribution >= 0.6 is 0 Å². The Morgan fingerprint density at radius 1 is 1.00 bits per heavy atom. The van der Waals surface area contributed by atoms with Crippen molar-refractivity contribution in [2.75, 3.05) is 0 Å². The van der Waals surface area contributed by atoms with E-state index >= 15 is 0 Å². The largest absolute Gasteiger partial charge is 0.478 e. The van der Waals surface area contributed by atoms with Crippen LogP contribution in [0.3, 0.4) is 0 Å². The van der Waals surface area contributed by atoms with Crippen molar-refractivity contribution in [3.05, 3.63) is 83.3 Å². The second-order valence-electron chi connectivity index (χ2n) is 6.54. The monoisotopic (exact) mass is 460 g/mol. The summed E-state index contributed by atoms with van der Waals surface area (Å²) in [6, 6.07) is 14.6. The number of nitrogens with zero attached hydrogens (tertiary/aromatic N) is 4. The lowest BCUT2D eigenvalue weighted by Crippen LogP contribution is -2.07. The van der Waals surface area contributed by atoms with Gasteiger partial charge in [-0.2, -0.15) is 23.3 Å². The molecule has 170 valence electrons. The minimum Gasteiger partial charge on any atom is -0.478 e. The molecule has 0 spiro atoms. The van der Waals surface area contributed by atoms with Crippen LogP contribution in [-0.4, -0.2) is 42.1 Å². The zero-order valence-electron chi connectivity index (χ0n) is 16.8. The third-order valence-corrected chi connectivity index (χ3v) is 4.22. The first-order valence-corrected chi connectivity index (χ1v) is 9.16. The first-order chi connectivity index (χ1) is 15.6. The number of aromatic nitrogens is 4. The zero-order valence-corrected chi connectivity index (χ0v) is 16.8. The quantitative estimate of drug-likeness (QED) is 0.460. The van der Waals surface area contributed by atoms with Gasteiger partial charge in [-0.15, -0.1) is 0 Å². The molecule has 0 amide bonds. The van der Waals surface area contributed by atoms with Crippen molar-refractivity contribution in [2.24, 2.45) is 0 Å². The number of carboxylic acid groups (broad SMARTS) is 2. The van der Waals surface area contributed by atoms with Crippen molar-refractivity contribution in [3.8, 4) is 17.3 Å². The Bertz CT molecular complexity index is 1280. The molecule has 0 unspecified atom stereocenters. The third kappa shape index (κ3) is 5.61. The van der Waals surface area contributed by atoms with Crippen LogP contribution in [0.2, 0.25) is 0 Å². The van der Waals surface area contributed by atoms with E-state index in [4.69, 9.17) is 10.2 Å². The van der Waals surface area contributed by atoms with Gasteiger partial charge in [-0.3, -0.25) is 0 Å². The number of carboxylic acids is 2. The molecule has 2 heterocycles. The summed E-state index contributed by atoms with van der Waals surface area (Å²) in [5, 5.41) is 24.3. The molecule has 4 rings (SSSR count). The SMILES string of the molecule is Cc1ccc(C(=O)O)cc1C(=O)O.FC(F)(F)c1noc(-c2ccn(-c3ccccc3)n2)n1. The molecule has 4 aromatic rings. The number of halogens is 3. The number of hydrogen-bond donors (Lipinski definition) is 2. The Kier molecular flexibility index (Phi) is 6.56. The van der Waals surface area contributed by atoms with Gasteiger partial charge in [0.2, 0.25) is 0 Å². The molecule has 0 fully saturated rings. The molecule has 0 saturated carbocycles. The molecule has 0 atom stereocenters. The van der Waals surface area contributed by atoms with Gasteiger partial charge in [0.15, 0.2) is 5.69 Å². The minimum absolute atomic E-state index is 0.0111. The molecule has 0 radical (unpaired) electrons. The number of aromatic carboxylic acids is 2. The van der Waals surface area contributed by atoms with Gasteiger partial charge in [0.25, 0.3) is 11.7 Å². The van der Waals surface area contributed by atoms with E-state index in [1.165, 1.54) is 22.9 Å². The second kappa shape index (κ2) is 9.34. The minimum atomic E-state index is -4.64. The van der Waals surface area contributed by atoms with Crippen LogP contribution in [-0.2, 0) is 6.18 Å². The fourth-order valence-electron chi connectivity index (χ4n) is 2.59. The molecule has 2 aromatic heterocycles. The van der Waals surface area contributed by atoms with Crippen LogP contribution in [0.4, 0.5) is 13.2 Å². The number of rotatable bonds is 4. The van der Waals surface area contributed by atoms with Gasteiger partial charge < -0.3 is 14.7 Å². The maximum atomic E-state index is 12.4. The molecule has 0 aliphatic heterocycles. The second-order valence-corrected chi connectivity index (χ2v) is 6.54. The van der Waals surface area contributed by atoms with Crippen LogP contribution in [0.1, 0.15) is 32.1 Å². The maximum Gasteiger partial charge on any atom is 0.455 e. The average Bonchev–Trinajstić information content (AvgIpc) is 3.44. The van der Waals surface area contributed by atoms with Crippen molar-refractivity contribution < 1.29 is 37.5 Å². The Morgan fingerprint density at radius 2 is 1.70 bits per heavy atom. The summed E-state index contributed by atoms with van der Waals surface area (Å²) >= 11 is 0. The smallest absolute Gasteiger partial charge is 0.455 e. The zero-order chi connectivity index (χ0) is 24.2. The van der Waals surface area contributed by atoms with E-state index in [2.05, 4.69) is 19.8 Å². The number of alkyl halides is 3. The van der Waals surface area contributed by atoms with E-state index in [-0.39, 0.29) is 22.7 Å². The molecule has 9 nitrogen and oxygen atoms in total. The fourth-order valence-corrected chi connectivity index (χ4v) is 2.59. The standard InChI is InChI=1S/C12H7F3N4O.C9H8O4/c13-12(14,15)11-16-10(20-18-11)9-6-7-19(17-9)8-4-2-1-3-5-8;1-5-2-3-6(8(10)11)4-7(5)9(12)13/h1-7H;2-4H,1H3,(H,10,11)(H,12,13). The van der Waals surface area contributed by atoms with E-state index in [0.29, 0.717) is 5.56 Å². The summed E-state index contributed by atoms with van der Waals surface area (Å²) in [6.07, 6.45) is -3.04. The normalized spacial score (nSPS) is 10.9.